The van der Waals surface area contributed by atoms with E-state index in [1.54, 1.807) is 13.1 Å². The fourth-order valence-corrected chi connectivity index (χ4v) is 1.59. The number of hydrogen-bond donors (Lipinski definition) is 3. The molecule has 0 spiro atoms. The van der Waals surface area contributed by atoms with Gasteiger partial charge in [0, 0.05) is 7.05 Å². The first kappa shape index (κ1) is 9.95. The van der Waals surface area contributed by atoms with Crippen molar-refractivity contribution < 1.29 is 5.11 Å². The molecule has 0 aliphatic carbocycles. The molecule has 1 aromatic heterocycles. The van der Waals surface area contributed by atoms with Gasteiger partial charge < -0.3 is 15.8 Å². The lowest BCUT2D eigenvalue weighted by atomic mass is 10.1. The van der Waals surface area contributed by atoms with Crippen molar-refractivity contribution in [2.75, 3.05) is 6.61 Å². The Morgan fingerprint density at radius 3 is 3.00 bits per heavy atom. The molecule has 5 nitrogen and oxygen atoms in total. The molecule has 0 aliphatic heterocycles. The summed E-state index contributed by atoms with van der Waals surface area (Å²) in [7, 11) is 1.70. The largest absolute Gasteiger partial charge is 0.394 e. The number of imidazole rings is 1. The van der Waals surface area contributed by atoms with Crippen LogP contribution >= 0.6 is 0 Å². The molecule has 80 valence electrons. The van der Waals surface area contributed by atoms with E-state index in [2.05, 4.69) is 4.98 Å². The molecule has 1 aromatic carbocycles. The van der Waals surface area contributed by atoms with Gasteiger partial charge in [-0.15, -0.1) is 0 Å². The van der Waals surface area contributed by atoms with Crippen LogP contribution in [0.5, 0.6) is 0 Å². The minimum absolute atomic E-state index is 0.109. The van der Waals surface area contributed by atoms with Crippen molar-refractivity contribution in [3.05, 3.63) is 34.2 Å². The van der Waals surface area contributed by atoms with E-state index in [9.17, 15) is 4.79 Å². The van der Waals surface area contributed by atoms with E-state index in [1.807, 2.05) is 12.1 Å². The number of nitrogens with zero attached hydrogens (tertiary/aromatic N) is 1. The number of benzene rings is 1. The molecule has 5 heteroatoms. The lowest BCUT2D eigenvalue weighted by Crippen LogP contribution is -2.14. The van der Waals surface area contributed by atoms with E-state index in [0.717, 1.165) is 16.6 Å². The SMILES string of the molecule is Cn1c(=O)[nH]c2cc(C(N)CO)ccc21. The number of hydrogen-bond acceptors (Lipinski definition) is 3. The molecule has 0 amide bonds. The van der Waals surface area contributed by atoms with Crippen LogP contribution in [0, 0.1) is 0 Å². The van der Waals surface area contributed by atoms with Crippen molar-refractivity contribution in [2.24, 2.45) is 12.8 Å². The highest BCUT2D eigenvalue weighted by atomic mass is 16.3. The zero-order valence-electron chi connectivity index (χ0n) is 8.40. The maximum atomic E-state index is 11.3. The summed E-state index contributed by atoms with van der Waals surface area (Å²) in [5, 5.41) is 8.92. The number of H-pyrrole nitrogens is 1. The van der Waals surface area contributed by atoms with Crippen LogP contribution in [0.3, 0.4) is 0 Å². The Bertz CT molecular complexity index is 541. The van der Waals surface area contributed by atoms with Crippen molar-refractivity contribution in [3.8, 4) is 0 Å². The Labute approximate surface area is 86.1 Å². The maximum Gasteiger partial charge on any atom is 0.326 e. The van der Waals surface area contributed by atoms with Gasteiger partial charge in [0.1, 0.15) is 0 Å². The van der Waals surface area contributed by atoms with Crippen LogP contribution in [0.1, 0.15) is 11.6 Å². The second-order valence-electron chi connectivity index (χ2n) is 3.55. The Morgan fingerprint density at radius 2 is 2.33 bits per heavy atom. The average molecular weight is 207 g/mol. The third-order valence-electron chi connectivity index (χ3n) is 2.55. The lowest BCUT2D eigenvalue weighted by Gasteiger charge is -2.07. The Morgan fingerprint density at radius 1 is 1.60 bits per heavy atom. The van der Waals surface area contributed by atoms with Crippen LogP contribution in [0.4, 0.5) is 0 Å². The highest BCUT2D eigenvalue weighted by molar-refractivity contribution is 5.76. The van der Waals surface area contributed by atoms with Gasteiger partial charge >= 0.3 is 5.69 Å². The molecular formula is C10H13N3O2. The van der Waals surface area contributed by atoms with Gasteiger partial charge in [-0.1, -0.05) is 6.07 Å². The number of aliphatic hydroxyl groups is 1. The number of aromatic amines is 1. The average Bonchev–Trinajstić information content (AvgIpc) is 2.53. The van der Waals surface area contributed by atoms with Gasteiger partial charge in [0.15, 0.2) is 0 Å². The summed E-state index contributed by atoms with van der Waals surface area (Å²) in [6.45, 7) is -0.109. The van der Waals surface area contributed by atoms with E-state index in [1.165, 1.54) is 4.57 Å². The van der Waals surface area contributed by atoms with Crippen LogP contribution in [0.15, 0.2) is 23.0 Å². The van der Waals surface area contributed by atoms with Crippen LogP contribution in [0.25, 0.3) is 11.0 Å². The zero-order valence-corrected chi connectivity index (χ0v) is 8.40. The van der Waals surface area contributed by atoms with E-state index in [-0.39, 0.29) is 12.3 Å². The van der Waals surface area contributed by atoms with Crippen LogP contribution in [-0.4, -0.2) is 21.3 Å². The molecular weight excluding hydrogens is 194 g/mol. The van der Waals surface area contributed by atoms with Gasteiger partial charge in [0.2, 0.25) is 0 Å². The number of nitrogens with two attached hydrogens (primary N) is 1. The van der Waals surface area contributed by atoms with Crippen molar-refractivity contribution in [2.45, 2.75) is 6.04 Å². The summed E-state index contributed by atoms with van der Waals surface area (Å²) in [5.74, 6) is 0. The highest BCUT2D eigenvalue weighted by Gasteiger charge is 2.07. The van der Waals surface area contributed by atoms with E-state index >= 15 is 0 Å². The molecule has 0 saturated carbocycles. The predicted octanol–water partition coefficient (Wildman–Crippen LogP) is -0.141. The summed E-state index contributed by atoms with van der Waals surface area (Å²) in [6, 6.07) is 5.02. The molecule has 4 N–H and O–H groups in total. The Kier molecular flexibility index (Phi) is 2.34. The molecule has 1 atom stereocenters. The Balaban J connectivity index is 2.62. The maximum absolute atomic E-state index is 11.3. The number of aromatic nitrogens is 2. The lowest BCUT2D eigenvalue weighted by molar-refractivity contribution is 0.268. The summed E-state index contributed by atoms with van der Waals surface area (Å²) in [5.41, 5.74) is 7.91. The topological polar surface area (TPSA) is 84.0 Å². The van der Waals surface area contributed by atoms with Gasteiger partial charge in [-0.3, -0.25) is 4.57 Å². The van der Waals surface area contributed by atoms with Gasteiger partial charge in [-0.05, 0) is 17.7 Å². The molecule has 15 heavy (non-hydrogen) atoms. The molecule has 2 rings (SSSR count). The fraction of sp³-hybridized carbons (Fsp3) is 0.300. The van der Waals surface area contributed by atoms with Gasteiger partial charge in [-0.2, -0.15) is 0 Å². The van der Waals surface area contributed by atoms with Crippen molar-refractivity contribution in [3.63, 3.8) is 0 Å². The van der Waals surface area contributed by atoms with E-state index in [4.69, 9.17) is 10.8 Å². The minimum Gasteiger partial charge on any atom is -0.394 e. The second kappa shape index (κ2) is 3.52. The van der Waals surface area contributed by atoms with Crippen molar-refractivity contribution in [1.29, 1.82) is 0 Å². The molecule has 0 aliphatic rings. The summed E-state index contributed by atoms with van der Waals surface area (Å²) in [4.78, 5) is 14.0. The summed E-state index contributed by atoms with van der Waals surface area (Å²) >= 11 is 0. The van der Waals surface area contributed by atoms with Gasteiger partial charge in [0.25, 0.3) is 0 Å². The van der Waals surface area contributed by atoms with Crippen molar-refractivity contribution in [1.82, 2.24) is 9.55 Å². The van der Waals surface area contributed by atoms with E-state index < -0.39 is 6.04 Å². The number of aliphatic hydroxyl groups excluding tert-OH is 1. The minimum atomic E-state index is -0.405. The standard InChI is InChI=1S/C10H13N3O2/c1-13-9-3-2-6(7(11)5-14)4-8(9)12-10(13)15/h2-4,7,14H,5,11H2,1H3,(H,12,15). The van der Waals surface area contributed by atoms with Gasteiger partial charge in [-0.25, -0.2) is 4.79 Å². The third-order valence-corrected chi connectivity index (χ3v) is 2.55. The number of nitrogens with one attached hydrogen (secondary N) is 1. The molecule has 0 fully saturated rings. The zero-order chi connectivity index (χ0) is 11.0. The molecule has 1 unspecified atom stereocenters. The van der Waals surface area contributed by atoms with Crippen LogP contribution < -0.4 is 11.4 Å². The first-order chi connectivity index (χ1) is 7.13. The Hall–Kier alpha value is -1.59. The fourth-order valence-electron chi connectivity index (χ4n) is 1.59. The second-order valence-corrected chi connectivity index (χ2v) is 3.55. The quantitative estimate of drug-likeness (QED) is 0.640. The normalized spacial score (nSPS) is 13.3. The molecule has 0 radical (unpaired) electrons. The predicted molar refractivity (Wildman–Crippen MR) is 57.6 cm³/mol. The number of fused-ring (bicyclic) bond motifs is 1. The number of aryl methyl sites for hydroxylation is 1. The van der Waals surface area contributed by atoms with Crippen LogP contribution in [-0.2, 0) is 7.05 Å². The first-order valence-electron chi connectivity index (χ1n) is 4.68. The third kappa shape index (κ3) is 1.55. The van der Waals surface area contributed by atoms with Gasteiger partial charge in [0.05, 0.1) is 23.7 Å². The van der Waals surface area contributed by atoms with Crippen molar-refractivity contribution >= 4 is 11.0 Å². The summed E-state index contributed by atoms with van der Waals surface area (Å²) in [6.07, 6.45) is 0. The van der Waals surface area contributed by atoms with E-state index in [0.29, 0.717) is 0 Å². The highest BCUT2D eigenvalue weighted by Crippen LogP contribution is 2.16. The monoisotopic (exact) mass is 207 g/mol. The molecule has 0 bridgehead atoms. The summed E-state index contributed by atoms with van der Waals surface area (Å²) < 4.78 is 1.53. The number of rotatable bonds is 2. The first-order valence-corrected chi connectivity index (χ1v) is 4.68. The smallest absolute Gasteiger partial charge is 0.326 e. The molecule has 1 heterocycles. The molecule has 0 saturated heterocycles. The molecule has 2 aromatic rings. The van der Waals surface area contributed by atoms with Crippen LogP contribution in [0.2, 0.25) is 0 Å².